The van der Waals surface area contributed by atoms with Crippen LogP contribution in [-0.4, -0.2) is 161 Å². The summed E-state index contributed by atoms with van der Waals surface area (Å²) >= 11 is 29.2. The third kappa shape index (κ3) is 19.8. The predicted molar refractivity (Wildman–Crippen MR) is 468 cm³/mol. The van der Waals surface area contributed by atoms with Gasteiger partial charge >= 0.3 is 0 Å². The Balaban J connectivity index is 0.000000122. The van der Waals surface area contributed by atoms with Crippen LogP contribution in [0.25, 0.3) is 0 Å². The van der Waals surface area contributed by atoms with E-state index in [0.29, 0.717) is 125 Å². The molecule has 0 saturated carbocycles. The Bertz CT molecular complexity index is 6030. The number of carbonyl (C=O) groups is 1. The Labute approximate surface area is 777 Å². The fraction of sp³-hybridized carbons (Fsp3) is 0.529. The maximum Gasteiger partial charge on any atom is 0.297 e. The van der Waals surface area contributed by atoms with Crippen molar-refractivity contribution in [1.29, 1.82) is 0 Å². The molecule has 4 spiro atoms. The smallest absolute Gasteiger partial charge is 0.297 e. The van der Waals surface area contributed by atoms with E-state index in [1.54, 1.807) is 73.6 Å². The van der Waals surface area contributed by atoms with E-state index in [1.165, 1.54) is 59.3 Å². The Hall–Kier alpha value is -7.56. The van der Waals surface area contributed by atoms with Gasteiger partial charge in [0.1, 0.15) is 67.7 Å². The summed E-state index contributed by atoms with van der Waals surface area (Å²) in [7, 11) is -3.26. The number of nitrogens with one attached hydrogen (secondary N) is 4. The number of piperidine rings is 5. The first-order valence-electron chi connectivity index (χ1n) is 42.4. The van der Waals surface area contributed by atoms with Crippen LogP contribution in [-0.2, 0) is 106 Å². The number of sulfone groups is 1. The SMILES string of the molecule is C[C@H]1C[C@@]2(C[C@@H](c3cn(CC(=O)N4CCCCC4)nn3)N1)OCC(F)(F)c1cc(Cl)sc12.C[C@H]1C[C@@]2(C[C@@H](c3cn(CCOc4ccccc4F)nn3)N1)OCC(F)(F)c1cc(Cl)sc12.C[C@H]1C[C@@]2(C[C@@H](c3cn(Cc4ccc(S(C)(=O)=O)cc4)nn3)N1)OCC(F)(F)c1cc(Cl)sc12.Cc1noc(C)c1Cn1cc([C@@H]2C[C@]3(C[C@H](C)N2)OCC(F)(F)c2cc(Cl)sc23)nn1. The number of rotatable bonds is 15. The van der Waals surface area contributed by atoms with E-state index >= 15 is 0 Å². The van der Waals surface area contributed by atoms with Gasteiger partial charge in [-0.1, -0.05) is 96.7 Å². The van der Waals surface area contributed by atoms with E-state index in [-0.39, 0.29) is 100 Å². The number of amides is 1. The van der Waals surface area contributed by atoms with Crippen molar-refractivity contribution < 1.29 is 80.9 Å². The summed E-state index contributed by atoms with van der Waals surface area (Å²) in [6.07, 6.45) is 15.7. The molecule has 11 aromatic rings. The highest BCUT2D eigenvalue weighted by molar-refractivity contribution is 7.90. The number of para-hydroxylation sites is 1. The van der Waals surface area contributed by atoms with E-state index in [2.05, 4.69) is 67.7 Å². The number of hydrogen-bond donors (Lipinski definition) is 4. The van der Waals surface area contributed by atoms with Gasteiger partial charge in [0, 0.05) is 117 Å². The molecular weight excluding hydrogens is 1890 g/mol. The number of nitrogens with zero attached hydrogens (tertiary/aromatic N) is 14. The molecule has 20 rings (SSSR count). The number of aromatic nitrogens is 13. The quantitative estimate of drug-likeness (QED) is 0.0693. The van der Waals surface area contributed by atoms with Crippen molar-refractivity contribution in [2.45, 2.75) is 238 Å². The van der Waals surface area contributed by atoms with Gasteiger partial charge in [-0.15, -0.1) is 65.7 Å². The summed E-state index contributed by atoms with van der Waals surface area (Å²) in [6.45, 7) is 12.3. The molecule has 9 aromatic heterocycles. The Kier molecular flexibility index (Phi) is 26.8. The van der Waals surface area contributed by atoms with Gasteiger partial charge in [-0.3, -0.25) is 4.79 Å². The number of benzene rings is 2. The molecule has 9 aliphatic rings. The van der Waals surface area contributed by atoms with Crippen molar-refractivity contribution in [3.05, 3.63) is 208 Å². The lowest BCUT2D eigenvalue weighted by Crippen LogP contribution is -2.51. The zero-order valence-electron chi connectivity index (χ0n) is 71.3. The summed E-state index contributed by atoms with van der Waals surface area (Å²) in [5.74, 6) is -11.7. The highest BCUT2D eigenvalue weighted by atomic mass is 35.5. The van der Waals surface area contributed by atoms with Crippen molar-refractivity contribution in [1.82, 2.24) is 91.3 Å². The maximum atomic E-state index is 14.5. The van der Waals surface area contributed by atoms with Crippen molar-refractivity contribution in [3.63, 3.8) is 0 Å². The van der Waals surface area contributed by atoms with E-state index in [4.69, 9.17) is 74.6 Å². The zero-order valence-corrected chi connectivity index (χ0v) is 78.4. The molecule has 18 heterocycles. The monoisotopic (exact) mass is 1980 g/mol. The van der Waals surface area contributed by atoms with Gasteiger partial charge in [0.2, 0.25) is 5.91 Å². The van der Waals surface area contributed by atoms with Gasteiger partial charge in [-0.05, 0) is 141 Å². The Morgan fingerprint density at radius 1 is 0.500 bits per heavy atom. The molecule has 2 aromatic carbocycles. The second-order valence-electron chi connectivity index (χ2n) is 35.1. The van der Waals surface area contributed by atoms with Crippen LogP contribution in [0.2, 0.25) is 17.3 Å². The lowest BCUT2D eigenvalue weighted by atomic mass is 9.78. The van der Waals surface area contributed by atoms with Gasteiger partial charge < -0.3 is 54.4 Å². The number of ether oxygens (including phenoxy) is 5. The zero-order chi connectivity index (χ0) is 92.0. The van der Waals surface area contributed by atoms with Gasteiger partial charge in [0.15, 0.2) is 21.4 Å². The average Bonchev–Trinajstić information content (AvgIpc) is 1.57. The minimum Gasteiger partial charge on any atom is -0.489 e. The van der Waals surface area contributed by atoms with Crippen molar-refractivity contribution in [3.8, 4) is 5.75 Å². The van der Waals surface area contributed by atoms with Crippen LogP contribution < -0.4 is 26.0 Å². The molecule has 27 nitrogen and oxygen atoms in total. The molecule has 5 fully saturated rings. The van der Waals surface area contributed by atoms with Gasteiger partial charge in [-0.25, -0.2) is 31.5 Å². The summed E-state index contributed by atoms with van der Waals surface area (Å²) < 4.78 is 195. The number of thiophene rings is 4. The summed E-state index contributed by atoms with van der Waals surface area (Å²) in [5.41, 5.74) is 1.92. The predicted octanol–water partition coefficient (Wildman–Crippen LogP) is 17.6. The fourth-order valence-electron chi connectivity index (χ4n) is 19.2. The number of likely N-dealkylation sites (tertiary alicyclic amines) is 1. The van der Waals surface area contributed by atoms with Crippen molar-refractivity contribution in [2.24, 2.45) is 0 Å². The number of hydrogen-bond acceptors (Lipinski definition) is 26. The second kappa shape index (κ2) is 36.9. The first kappa shape index (κ1) is 94.2. The van der Waals surface area contributed by atoms with Crippen LogP contribution in [0.1, 0.15) is 210 Å². The lowest BCUT2D eigenvalue weighted by molar-refractivity contribution is -0.183. The molecular formula is C85H93Cl4F9N18O9S5. The molecule has 698 valence electrons. The molecule has 0 radical (unpaired) electrons. The van der Waals surface area contributed by atoms with Crippen LogP contribution in [0.15, 0.2) is 107 Å². The highest BCUT2D eigenvalue weighted by Gasteiger charge is 2.59. The summed E-state index contributed by atoms with van der Waals surface area (Å²) in [4.78, 5) is 16.7. The molecule has 0 bridgehead atoms. The molecule has 1 amide bonds. The fourth-order valence-corrected chi connectivity index (χ4v) is 25.6. The molecule has 4 N–H and O–H groups in total. The van der Waals surface area contributed by atoms with Crippen LogP contribution in [0.3, 0.4) is 0 Å². The molecule has 130 heavy (non-hydrogen) atoms. The largest absolute Gasteiger partial charge is 0.489 e. The van der Waals surface area contributed by atoms with Crippen LogP contribution >= 0.6 is 91.8 Å². The molecule has 0 aliphatic carbocycles. The highest BCUT2D eigenvalue weighted by Crippen LogP contribution is 2.60. The van der Waals surface area contributed by atoms with Crippen molar-refractivity contribution >= 4 is 107 Å². The van der Waals surface area contributed by atoms with Crippen LogP contribution in [0, 0.1) is 19.7 Å². The normalized spacial score (nSPS) is 27.5. The number of aryl methyl sites for hydroxylation is 2. The first-order chi connectivity index (χ1) is 61.6. The molecule has 5 saturated heterocycles. The second-order valence-corrected chi connectivity index (χ2v) is 43.9. The Morgan fingerprint density at radius 3 is 1.24 bits per heavy atom. The van der Waals surface area contributed by atoms with E-state index in [1.807, 2.05) is 58.8 Å². The van der Waals surface area contributed by atoms with E-state index in [9.17, 15) is 52.7 Å². The summed E-state index contributed by atoms with van der Waals surface area (Å²) in [5, 5.41) is 52.0. The average molecular weight is 1980 g/mol. The van der Waals surface area contributed by atoms with Gasteiger partial charge in [0.25, 0.3) is 23.7 Å². The van der Waals surface area contributed by atoms with E-state index in [0.717, 1.165) is 83.3 Å². The molecule has 45 heteroatoms. The topological polar surface area (TPSA) is 298 Å². The third-order valence-electron chi connectivity index (χ3n) is 25.1. The lowest BCUT2D eigenvalue weighted by Gasteiger charge is -2.47. The van der Waals surface area contributed by atoms with Gasteiger partial charge in [-0.2, -0.15) is 35.1 Å². The molecule has 12 atom stereocenters. The minimum absolute atomic E-state index is 0.00117. The van der Waals surface area contributed by atoms with E-state index < -0.39 is 88.2 Å². The van der Waals surface area contributed by atoms with Crippen molar-refractivity contribution in [2.75, 3.05) is 52.4 Å². The molecule has 9 aliphatic heterocycles. The summed E-state index contributed by atoms with van der Waals surface area (Å²) in [6, 6.07) is 17.4. The standard InChI is InChI=1S/C22H22ClF3N4O2S.C22H23ClF2N4O3S2.C21H26ClF2N5O2S.C20H22ClF2N5O2S/c1-13-9-21(20-14(8-19(23)33-20)22(25,26)12-32-21)10-16(27-13)17-11-30(29-28-17)6-7-31-18-5-3-2-4-15(18)24;1-13-8-21(20-16(7-19(23)33-20)22(24,25)12-32-21)9-17(26-13)18-11-29(28-27-18)10-14-3-5-15(6-4-14)34(2,30)31;1-13-8-20(19-14(7-17(22)32-19)21(23,24)12-31-20)9-15(25-13)16-10-29(27-26-16)11-18(30)28-5-3-2-4-6-28;1-10-5-19(18-14(4-17(21)31-18)20(22,23)9-29-19)6-15(24-10)16-8-28(27-25-16)7-13-11(2)26-30-12(13)3/h2-5,8,11,13,16,27H,6-7,9-10,12H2,1H3;3-7,11,13,17,26H,8-10,12H2,1-2H3;7,10,13,15,25H,2-6,8-9,11-12H2,1H3;4,8,10,15,24H,5-7,9H2,1-3H3/t13-,16-,21-;13-,17-,21-;13-,15-,20-;10-,15-,19-/m0000/s1. The first-order valence-corrected chi connectivity index (χ1v) is 49.1. The Morgan fingerprint density at radius 2 is 0.862 bits per heavy atom. The minimum atomic E-state index is -3.26. The third-order valence-corrected chi connectivity index (χ3v) is 32.0. The van der Waals surface area contributed by atoms with Crippen LogP contribution in [0.5, 0.6) is 5.75 Å². The number of fused-ring (bicyclic) bond motifs is 8. The van der Waals surface area contributed by atoms with Crippen LogP contribution in [0.4, 0.5) is 39.5 Å². The molecule has 0 unspecified atom stereocenters. The van der Waals surface area contributed by atoms with Gasteiger partial charge in [0.05, 0.1) is 119 Å². The maximum absolute atomic E-state index is 14.5. The number of alkyl halides is 8. The number of halogens is 13. The number of carbonyl (C=O) groups excluding carboxylic acids is 1.